The molecule has 3 rings (SSSR count). The van der Waals surface area contributed by atoms with E-state index < -0.39 is 11.1 Å². The number of carbonyl (C=O) groups is 1. The Labute approximate surface area is 166 Å². The van der Waals surface area contributed by atoms with Crippen LogP contribution in [0.2, 0.25) is 5.02 Å². The molecule has 1 heterocycles. The molecule has 27 heavy (non-hydrogen) atoms. The molecule has 2 aromatic carbocycles. The monoisotopic (exact) mass is 404 g/mol. The second-order valence-electron chi connectivity index (χ2n) is 6.07. The third-order valence-electron chi connectivity index (χ3n) is 3.91. The summed E-state index contributed by atoms with van der Waals surface area (Å²) in [6.07, 6.45) is 0. The maximum atomic E-state index is 14.6. The first-order chi connectivity index (χ1) is 12.9. The Balaban J connectivity index is 2.14. The Morgan fingerprint density at radius 3 is 2.48 bits per heavy atom. The highest BCUT2D eigenvalue weighted by Crippen LogP contribution is 2.34. The number of hydrogen-bond donors (Lipinski definition) is 0. The zero-order valence-corrected chi connectivity index (χ0v) is 16.6. The first-order valence-corrected chi connectivity index (χ1v) is 9.49. The number of hydrogen-bond acceptors (Lipinski definition) is 4. The van der Waals surface area contributed by atoms with Gasteiger partial charge < -0.3 is 4.90 Å². The molecule has 5 nitrogen and oxygen atoms in total. The number of nitrogens with zero attached hydrogens (tertiary/aromatic N) is 4. The molecule has 0 aliphatic heterocycles. The van der Waals surface area contributed by atoms with Gasteiger partial charge in [0.15, 0.2) is 11.0 Å². The van der Waals surface area contributed by atoms with E-state index in [4.69, 9.17) is 11.6 Å². The van der Waals surface area contributed by atoms with Crippen LogP contribution in [-0.2, 0) is 4.79 Å². The molecule has 1 unspecified atom stereocenters. The zero-order valence-electron chi connectivity index (χ0n) is 15.1. The van der Waals surface area contributed by atoms with Crippen molar-refractivity contribution in [1.29, 1.82) is 0 Å². The van der Waals surface area contributed by atoms with Gasteiger partial charge in [-0.3, -0.25) is 9.36 Å². The lowest BCUT2D eigenvalue weighted by Gasteiger charge is -2.17. The molecule has 140 valence electrons. The number of carbonyl (C=O) groups excluding carboxylic acids is 1. The van der Waals surface area contributed by atoms with E-state index in [1.165, 1.54) is 22.7 Å². The molecule has 1 atom stereocenters. The topological polar surface area (TPSA) is 51.0 Å². The molecule has 0 spiro atoms. The van der Waals surface area contributed by atoms with Crippen molar-refractivity contribution in [3.8, 4) is 17.1 Å². The summed E-state index contributed by atoms with van der Waals surface area (Å²) in [5, 5.41) is 8.94. The first-order valence-electron chi connectivity index (χ1n) is 8.23. The van der Waals surface area contributed by atoms with Crippen LogP contribution in [0.5, 0.6) is 0 Å². The van der Waals surface area contributed by atoms with Gasteiger partial charge in [-0.05, 0) is 31.2 Å². The van der Waals surface area contributed by atoms with Gasteiger partial charge >= 0.3 is 0 Å². The summed E-state index contributed by atoms with van der Waals surface area (Å²) in [7, 11) is 3.38. The maximum absolute atomic E-state index is 14.6. The molecular formula is C19H18ClFN4OS. The third-order valence-corrected chi connectivity index (χ3v) is 5.27. The van der Waals surface area contributed by atoms with Crippen LogP contribution in [0.15, 0.2) is 53.7 Å². The molecule has 1 amide bonds. The maximum Gasteiger partial charge on any atom is 0.235 e. The highest BCUT2D eigenvalue weighted by Gasteiger charge is 2.24. The fraction of sp³-hybridized carbons (Fsp3) is 0.211. The zero-order chi connectivity index (χ0) is 19.6. The van der Waals surface area contributed by atoms with E-state index in [0.29, 0.717) is 27.3 Å². The molecule has 8 heteroatoms. The first kappa shape index (κ1) is 19.4. The van der Waals surface area contributed by atoms with Gasteiger partial charge in [-0.1, -0.05) is 47.6 Å². The van der Waals surface area contributed by atoms with Crippen LogP contribution >= 0.6 is 23.4 Å². The van der Waals surface area contributed by atoms with Gasteiger partial charge in [-0.15, -0.1) is 10.2 Å². The van der Waals surface area contributed by atoms with E-state index in [0.717, 1.165) is 0 Å². The summed E-state index contributed by atoms with van der Waals surface area (Å²) in [6, 6.07) is 13.5. The minimum atomic E-state index is -0.418. The average Bonchev–Trinajstić information content (AvgIpc) is 3.04. The summed E-state index contributed by atoms with van der Waals surface area (Å²) in [5.74, 6) is -0.0703. The molecule has 0 fully saturated rings. The van der Waals surface area contributed by atoms with Crippen molar-refractivity contribution in [2.75, 3.05) is 14.1 Å². The fourth-order valence-corrected chi connectivity index (χ4v) is 3.81. The lowest BCUT2D eigenvalue weighted by atomic mass is 10.2. The third kappa shape index (κ3) is 3.99. The Hall–Kier alpha value is -2.38. The average molecular weight is 405 g/mol. The van der Waals surface area contributed by atoms with Crippen molar-refractivity contribution >= 4 is 29.3 Å². The summed E-state index contributed by atoms with van der Waals surface area (Å²) in [6.45, 7) is 1.78. The number of halogens is 2. The largest absolute Gasteiger partial charge is 0.348 e. The highest BCUT2D eigenvalue weighted by molar-refractivity contribution is 8.00. The number of thioether (sulfide) groups is 1. The summed E-state index contributed by atoms with van der Waals surface area (Å²) < 4.78 is 16.2. The number of benzene rings is 2. The molecule has 0 aliphatic rings. The van der Waals surface area contributed by atoms with Crippen molar-refractivity contribution in [3.63, 3.8) is 0 Å². The predicted octanol–water partition coefficient (Wildman–Crippen LogP) is 4.30. The molecule has 0 bridgehead atoms. The summed E-state index contributed by atoms with van der Waals surface area (Å²) >= 11 is 7.54. The standard InChI is InChI=1S/C19H18ClFN4OS/c1-12(18(26)24(2)3)27-19-23-22-17(13-8-4-5-9-14(13)20)25(19)16-11-7-6-10-15(16)21/h4-12H,1-3H3. The molecule has 0 radical (unpaired) electrons. The fourth-order valence-electron chi connectivity index (χ4n) is 2.59. The normalized spacial score (nSPS) is 12.0. The second-order valence-corrected chi connectivity index (χ2v) is 7.78. The van der Waals surface area contributed by atoms with Crippen LogP contribution in [0.1, 0.15) is 6.92 Å². The van der Waals surface area contributed by atoms with Gasteiger partial charge in [0, 0.05) is 19.7 Å². The van der Waals surface area contributed by atoms with Gasteiger partial charge in [-0.25, -0.2) is 4.39 Å². The van der Waals surface area contributed by atoms with Crippen molar-refractivity contribution < 1.29 is 9.18 Å². The van der Waals surface area contributed by atoms with Crippen LogP contribution in [-0.4, -0.2) is 44.9 Å². The number of aromatic nitrogens is 3. The number of para-hydroxylation sites is 1. The molecule has 1 aromatic heterocycles. The van der Waals surface area contributed by atoms with Crippen molar-refractivity contribution in [3.05, 3.63) is 59.4 Å². The van der Waals surface area contributed by atoms with E-state index in [9.17, 15) is 9.18 Å². The number of amides is 1. The lowest BCUT2D eigenvalue weighted by Crippen LogP contribution is -2.29. The SMILES string of the molecule is CC(Sc1nnc(-c2ccccc2Cl)n1-c1ccccc1F)C(=O)N(C)C. The van der Waals surface area contributed by atoms with Crippen LogP contribution in [0.4, 0.5) is 4.39 Å². The van der Waals surface area contributed by atoms with Crippen molar-refractivity contribution in [2.45, 2.75) is 17.3 Å². The van der Waals surface area contributed by atoms with Crippen LogP contribution in [0, 0.1) is 5.82 Å². The van der Waals surface area contributed by atoms with Crippen LogP contribution < -0.4 is 0 Å². The molecule has 0 aliphatic carbocycles. The molecular weight excluding hydrogens is 387 g/mol. The highest BCUT2D eigenvalue weighted by atomic mass is 35.5. The van der Waals surface area contributed by atoms with Crippen molar-refractivity contribution in [2.24, 2.45) is 0 Å². The minimum Gasteiger partial charge on any atom is -0.348 e. The molecule has 0 saturated heterocycles. The van der Waals surface area contributed by atoms with Crippen LogP contribution in [0.25, 0.3) is 17.1 Å². The minimum absolute atomic E-state index is 0.0672. The summed E-state index contributed by atoms with van der Waals surface area (Å²) in [5.41, 5.74) is 0.929. The van der Waals surface area contributed by atoms with E-state index >= 15 is 0 Å². The van der Waals surface area contributed by atoms with Gasteiger partial charge in [-0.2, -0.15) is 0 Å². The van der Waals surface area contributed by atoms with Crippen molar-refractivity contribution in [1.82, 2.24) is 19.7 Å². The lowest BCUT2D eigenvalue weighted by molar-refractivity contribution is -0.127. The molecule has 0 saturated carbocycles. The van der Waals surface area contributed by atoms with E-state index in [1.807, 2.05) is 12.1 Å². The Morgan fingerprint density at radius 2 is 1.81 bits per heavy atom. The Kier molecular flexibility index (Phi) is 5.82. The predicted molar refractivity (Wildman–Crippen MR) is 106 cm³/mol. The second kappa shape index (κ2) is 8.10. The van der Waals surface area contributed by atoms with Crippen LogP contribution in [0.3, 0.4) is 0 Å². The van der Waals surface area contributed by atoms with E-state index in [1.54, 1.807) is 55.9 Å². The smallest absolute Gasteiger partial charge is 0.235 e. The van der Waals surface area contributed by atoms with E-state index in [-0.39, 0.29) is 5.91 Å². The molecule has 0 N–H and O–H groups in total. The van der Waals surface area contributed by atoms with Gasteiger partial charge in [0.25, 0.3) is 0 Å². The number of rotatable bonds is 5. The van der Waals surface area contributed by atoms with Gasteiger partial charge in [0.05, 0.1) is 16.0 Å². The van der Waals surface area contributed by atoms with Gasteiger partial charge in [0.1, 0.15) is 5.82 Å². The summed E-state index contributed by atoms with van der Waals surface area (Å²) in [4.78, 5) is 13.8. The van der Waals surface area contributed by atoms with E-state index in [2.05, 4.69) is 10.2 Å². The Bertz CT molecular complexity index is 976. The van der Waals surface area contributed by atoms with Gasteiger partial charge in [0.2, 0.25) is 5.91 Å². The quantitative estimate of drug-likeness (QED) is 0.595. The Morgan fingerprint density at radius 1 is 1.15 bits per heavy atom. The molecule has 3 aromatic rings.